The Hall–Kier alpha value is -2.70. The van der Waals surface area contributed by atoms with E-state index in [-0.39, 0.29) is 37.0 Å². The molecule has 1 atom stereocenters. The third-order valence-electron chi connectivity index (χ3n) is 4.28. The van der Waals surface area contributed by atoms with Crippen LogP contribution in [0.2, 0.25) is 0 Å². The Balaban J connectivity index is 2.11. The van der Waals surface area contributed by atoms with E-state index in [1.807, 2.05) is 0 Å². The minimum Gasteiger partial charge on any atom is -0.455 e. The van der Waals surface area contributed by atoms with Gasteiger partial charge in [-0.15, -0.1) is 0 Å². The molecule has 1 saturated heterocycles. The number of Topliss-reactive ketones (excluding diaryl/α,β-unsaturated/α-hetero) is 1. The van der Waals surface area contributed by atoms with E-state index in [1.165, 1.54) is 23.8 Å². The van der Waals surface area contributed by atoms with Crippen molar-refractivity contribution in [2.45, 2.75) is 25.4 Å². The van der Waals surface area contributed by atoms with E-state index in [9.17, 15) is 19.2 Å². The molecule has 23 heavy (non-hydrogen) atoms. The first-order valence-electron chi connectivity index (χ1n) is 7.26. The third-order valence-corrected chi connectivity index (χ3v) is 4.28. The molecule has 120 valence electrons. The van der Waals surface area contributed by atoms with Gasteiger partial charge in [-0.05, 0) is 19.1 Å². The molecule has 2 amide bonds. The predicted octanol–water partition coefficient (Wildman–Crippen LogP) is 0.727. The van der Waals surface area contributed by atoms with Crippen molar-refractivity contribution in [2.75, 3.05) is 18.6 Å². The van der Waals surface area contributed by atoms with E-state index in [0.29, 0.717) is 11.3 Å². The van der Waals surface area contributed by atoms with E-state index >= 15 is 0 Å². The van der Waals surface area contributed by atoms with Gasteiger partial charge in [0.25, 0.3) is 5.91 Å². The van der Waals surface area contributed by atoms with E-state index in [2.05, 4.69) is 0 Å². The van der Waals surface area contributed by atoms with Gasteiger partial charge < -0.3 is 9.64 Å². The first kappa shape index (κ1) is 15.2. The van der Waals surface area contributed by atoms with Crippen molar-refractivity contribution >= 4 is 29.3 Å². The number of ether oxygens (including phenoxy) is 1. The van der Waals surface area contributed by atoms with Crippen molar-refractivity contribution in [2.24, 2.45) is 0 Å². The molecule has 0 bridgehead atoms. The molecular weight excluding hydrogens is 300 g/mol. The van der Waals surface area contributed by atoms with Gasteiger partial charge in [0.15, 0.2) is 5.78 Å². The maximum Gasteiger partial charge on any atom is 0.354 e. The molecule has 0 aliphatic carbocycles. The Morgan fingerprint density at radius 3 is 2.65 bits per heavy atom. The number of carbonyl (C=O) groups excluding carboxylic acids is 4. The molecule has 2 heterocycles. The van der Waals surface area contributed by atoms with Crippen LogP contribution in [0.15, 0.2) is 24.3 Å². The molecule has 1 aromatic rings. The monoisotopic (exact) mass is 316 g/mol. The van der Waals surface area contributed by atoms with Crippen LogP contribution in [0, 0.1) is 0 Å². The maximum absolute atomic E-state index is 12.7. The van der Waals surface area contributed by atoms with Crippen molar-refractivity contribution < 1.29 is 23.9 Å². The predicted molar refractivity (Wildman–Crippen MR) is 79.6 cm³/mol. The Bertz CT molecular complexity index is 729. The Morgan fingerprint density at radius 2 is 1.96 bits per heavy atom. The second kappa shape index (κ2) is 5.19. The topological polar surface area (TPSA) is 84.0 Å². The summed E-state index contributed by atoms with van der Waals surface area (Å²) in [5.74, 6) is -1.68. The van der Waals surface area contributed by atoms with Crippen molar-refractivity contribution in [3.63, 3.8) is 0 Å². The van der Waals surface area contributed by atoms with Crippen LogP contribution in [-0.2, 0) is 19.1 Å². The summed E-state index contributed by atoms with van der Waals surface area (Å²) in [5, 5.41) is 0. The van der Waals surface area contributed by atoms with Crippen LogP contribution in [0.1, 0.15) is 30.1 Å². The van der Waals surface area contributed by atoms with E-state index in [4.69, 9.17) is 4.74 Å². The Kier molecular flexibility index (Phi) is 3.43. The molecule has 2 aliphatic rings. The van der Waals surface area contributed by atoms with Gasteiger partial charge in [-0.2, -0.15) is 0 Å². The number of carbonyl (C=O) groups is 4. The van der Waals surface area contributed by atoms with Gasteiger partial charge in [-0.25, -0.2) is 4.79 Å². The van der Waals surface area contributed by atoms with Crippen LogP contribution < -0.4 is 4.90 Å². The summed E-state index contributed by atoms with van der Waals surface area (Å²) in [5.41, 5.74) is -0.754. The van der Waals surface area contributed by atoms with Crippen LogP contribution in [0.5, 0.6) is 0 Å². The molecular formula is C16H16N2O5. The molecule has 0 saturated carbocycles. The van der Waals surface area contributed by atoms with Gasteiger partial charge >= 0.3 is 5.97 Å². The second-order valence-electron chi connectivity index (χ2n) is 5.71. The maximum atomic E-state index is 12.7. The average Bonchev–Trinajstić information content (AvgIpc) is 2.89. The highest BCUT2D eigenvalue weighted by Gasteiger charge is 2.60. The number of para-hydroxylation sites is 1. The van der Waals surface area contributed by atoms with E-state index in [1.54, 1.807) is 24.3 Å². The van der Waals surface area contributed by atoms with Gasteiger partial charge in [0.1, 0.15) is 6.61 Å². The normalized spacial score (nSPS) is 22.7. The smallest absolute Gasteiger partial charge is 0.354 e. The molecule has 3 rings (SSSR count). The van der Waals surface area contributed by atoms with Gasteiger partial charge in [0.05, 0.1) is 11.3 Å². The summed E-state index contributed by atoms with van der Waals surface area (Å²) in [4.78, 5) is 51.3. The number of rotatable bonds is 3. The lowest BCUT2D eigenvalue weighted by Crippen LogP contribution is -2.67. The van der Waals surface area contributed by atoms with Crippen molar-refractivity contribution in [3.8, 4) is 0 Å². The number of hydrogen-bond acceptors (Lipinski definition) is 5. The highest BCUT2D eigenvalue weighted by Crippen LogP contribution is 2.44. The standard InChI is InChI=1S/C16H16N2O5/c1-10(19)9-23-15(22)16-8-7-13(20)18(16)12-6-4-3-5-11(12)14(21)17(16)2/h3-6H,7-9H2,1-2H3/t16-/m1/s1. The molecule has 1 aromatic carbocycles. The summed E-state index contributed by atoms with van der Waals surface area (Å²) < 4.78 is 5.05. The highest BCUT2D eigenvalue weighted by atomic mass is 16.5. The summed E-state index contributed by atoms with van der Waals surface area (Å²) in [6.45, 7) is 0.917. The molecule has 1 fully saturated rings. The average molecular weight is 316 g/mol. The zero-order valence-corrected chi connectivity index (χ0v) is 12.9. The van der Waals surface area contributed by atoms with E-state index < -0.39 is 11.6 Å². The third kappa shape index (κ3) is 2.03. The van der Waals surface area contributed by atoms with Crippen molar-refractivity contribution in [1.29, 1.82) is 0 Å². The Labute approximate surface area is 132 Å². The fourth-order valence-electron chi connectivity index (χ4n) is 3.17. The van der Waals surface area contributed by atoms with Crippen LogP contribution in [-0.4, -0.2) is 47.8 Å². The van der Waals surface area contributed by atoms with Crippen molar-refractivity contribution in [3.05, 3.63) is 29.8 Å². The number of amides is 2. The molecule has 0 aromatic heterocycles. The molecule has 7 heteroatoms. The van der Waals surface area contributed by atoms with Gasteiger partial charge in [0.2, 0.25) is 11.6 Å². The summed E-state index contributed by atoms with van der Waals surface area (Å²) >= 11 is 0. The molecule has 0 unspecified atom stereocenters. The van der Waals surface area contributed by atoms with Crippen LogP contribution in [0.3, 0.4) is 0 Å². The lowest BCUT2D eigenvalue weighted by atomic mass is 9.97. The molecule has 0 spiro atoms. The van der Waals surface area contributed by atoms with Gasteiger partial charge in [-0.3, -0.25) is 19.3 Å². The molecule has 7 nitrogen and oxygen atoms in total. The van der Waals surface area contributed by atoms with E-state index in [0.717, 1.165) is 0 Å². The summed E-state index contributed by atoms with van der Waals surface area (Å²) in [7, 11) is 1.47. The lowest BCUT2D eigenvalue weighted by Gasteiger charge is -2.46. The van der Waals surface area contributed by atoms with Gasteiger partial charge in [-0.1, -0.05) is 12.1 Å². The lowest BCUT2D eigenvalue weighted by molar-refractivity contribution is -0.158. The number of fused-ring (bicyclic) bond motifs is 3. The first-order chi connectivity index (χ1) is 10.9. The second-order valence-corrected chi connectivity index (χ2v) is 5.71. The minimum atomic E-state index is -1.52. The zero-order valence-electron chi connectivity index (χ0n) is 12.9. The van der Waals surface area contributed by atoms with Crippen LogP contribution in [0.25, 0.3) is 0 Å². The van der Waals surface area contributed by atoms with Gasteiger partial charge in [0, 0.05) is 19.9 Å². The summed E-state index contributed by atoms with van der Waals surface area (Å²) in [6, 6.07) is 6.65. The molecule has 0 radical (unpaired) electrons. The van der Waals surface area contributed by atoms with Crippen LogP contribution >= 0.6 is 0 Å². The fraction of sp³-hybridized carbons (Fsp3) is 0.375. The summed E-state index contributed by atoms with van der Waals surface area (Å²) in [6.07, 6.45) is 0.264. The number of likely N-dealkylation sites (N-methyl/N-ethyl adjacent to an activating group) is 1. The SMILES string of the molecule is CC(=O)COC(=O)[C@@]12CCC(=O)N1c1ccccc1C(=O)N2C. The zero-order chi connectivity index (χ0) is 16.8. The fourth-order valence-corrected chi connectivity index (χ4v) is 3.17. The number of nitrogens with zero attached hydrogens (tertiary/aromatic N) is 2. The quantitative estimate of drug-likeness (QED) is 0.768. The minimum absolute atomic E-state index is 0.126. The Morgan fingerprint density at radius 1 is 1.26 bits per heavy atom. The number of esters is 1. The number of benzene rings is 1. The highest BCUT2D eigenvalue weighted by molar-refractivity contribution is 6.15. The van der Waals surface area contributed by atoms with Crippen molar-refractivity contribution in [1.82, 2.24) is 4.90 Å². The number of anilines is 1. The number of hydrogen-bond donors (Lipinski definition) is 0. The largest absolute Gasteiger partial charge is 0.455 e. The molecule has 0 N–H and O–H groups in total. The van der Waals surface area contributed by atoms with Crippen LogP contribution in [0.4, 0.5) is 5.69 Å². The number of ketones is 1. The first-order valence-corrected chi connectivity index (χ1v) is 7.26. The molecule has 2 aliphatic heterocycles.